The molecule has 6 nitrogen and oxygen atoms in total. The maximum Gasteiger partial charge on any atom is 0.230 e. The van der Waals surface area contributed by atoms with Gasteiger partial charge >= 0.3 is 0 Å². The van der Waals surface area contributed by atoms with E-state index in [-0.39, 0.29) is 12.3 Å². The second-order valence-corrected chi connectivity index (χ2v) is 6.76. The summed E-state index contributed by atoms with van der Waals surface area (Å²) < 4.78 is 11.1. The van der Waals surface area contributed by atoms with E-state index in [0.29, 0.717) is 17.3 Å². The molecule has 0 bridgehead atoms. The lowest BCUT2D eigenvalue weighted by Gasteiger charge is -2.28. The van der Waals surface area contributed by atoms with Crippen molar-refractivity contribution in [1.82, 2.24) is 4.98 Å². The highest BCUT2D eigenvalue weighted by Crippen LogP contribution is 2.22. The molecule has 1 amide bonds. The number of oxazole rings is 1. The Morgan fingerprint density at radius 3 is 2.50 bits per heavy atom. The van der Waals surface area contributed by atoms with Crippen molar-refractivity contribution in [3.63, 3.8) is 0 Å². The Balaban J connectivity index is 1.38. The third-order valence-electron chi connectivity index (χ3n) is 4.77. The van der Waals surface area contributed by atoms with E-state index in [2.05, 4.69) is 15.2 Å². The summed E-state index contributed by atoms with van der Waals surface area (Å²) in [6, 6.07) is 17.6. The second kappa shape index (κ2) is 8.27. The molecule has 144 valence electrons. The van der Waals surface area contributed by atoms with E-state index in [1.165, 1.54) is 0 Å². The van der Waals surface area contributed by atoms with Crippen LogP contribution in [0.3, 0.4) is 0 Å². The zero-order valence-corrected chi connectivity index (χ0v) is 15.9. The van der Waals surface area contributed by atoms with Crippen LogP contribution in [0.2, 0.25) is 0 Å². The zero-order chi connectivity index (χ0) is 19.3. The molecule has 1 aliphatic rings. The fourth-order valence-corrected chi connectivity index (χ4v) is 3.23. The number of amides is 1. The standard InChI is InChI=1S/C22H23N3O3/c1-16-20(24-22(28-16)17-5-3-2-4-6-17)15-21(26)23-18-7-9-19(10-8-18)25-11-13-27-14-12-25/h2-10H,11-15H2,1H3,(H,23,26). The highest BCUT2D eigenvalue weighted by molar-refractivity contribution is 5.92. The van der Waals surface area contributed by atoms with Crippen LogP contribution < -0.4 is 10.2 Å². The SMILES string of the molecule is Cc1oc(-c2ccccc2)nc1CC(=O)Nc1ccc(N2CCOCC2)cc1. The average Bonchev–Trinajstić information content (AvgIpc) is 3.10. The zero-order valence-electron chi connectivity index (χ0n) is 15.9. The number of hydrogen-bond acceptors (Lipinski definition) is 5. The molecular weight excluding hydrogens is 354 g/mol. The van der Waals surface area contributed by atoms with E-state index in [1.54, 1.807) is 0 Å². The number of nitrogens with zero attached hydrogens (tertiary/aromatic N) is 2. The lowest BCUT2D eigenvalue weighted by Crippen LogP contribution is -2.36. The van der Waals surface area contributed by atoms with Crippen molar-refractivity contribution in [3.8, 4) is 11.5 Å². The molecule has 1 aliphatic heterocycles. The second-order valence-electron chi connectivity index (χ2n) is 6.76. The van der Waals surface area contributed by atoms with Gasteiger partial charge in [0.15, 0.2) is 0 Å². The fourth-order valence-electron chi connectivity index (χ4n) is 3.23. The average molecular weight is 377 g/mol. The Hall–Kier alpha value is -3.12. The molecule has 3 aromatic rings. The lowest BCUT2D eigenvalue weighted by atomic mass is 10.2. The van der Waals surface area contributed by atoms with Crippen LogP contribution in [-0.4, -0.2) is 37.2 Å². The van der Waals surface area contributed by atoms with E-state index < -0.39 is 0 Å². The number of rotatable bonds is 5. The molecule has 28 heavy (non-hydrogen) atoms. The summed E-state index contributed by atoms with van der Waals surface area (Å²) >= 11 is 0. The van der Waals surface area contributed by atoms with Crippen LogP contribution in [0, 0.1) is 6.92 Å². The summed E-state index contributed by atoms with van der Waals surface area (Å²) in [7, 11) is 0. The first-order valence-corrected chi connectivity index (χ1v) is 9.43. The molecular formula is C22H23N3O3. The van der Waals surface area contributed by atoms with Crippen molar-refractivity contribution in [2.45, 2.75) is 13.3 Å². The summed E-state index contributed by atoms with van der Waals surface area (Å²) in [5.41, 5.74) is 3.46. The third kappa shape index (κ3) is 4.23. The molecule has 0 atom stereocenters. The van der Waals surface area contributed by atoms with Crippen LogP contribution in [0.25, 0.3) is 11.5 Å². The Kier molecular flexibility index (Phi) is 5.39. The van der Waals surface area contributed by atoms with Gasteiger partial charge in [0, 0.05) is 30.0 Å². The van der Waals surface area contributed by atoms with Crippen LogP contribution in [0.5, 0.6) is 0 Å². The Labute approximate surface area is 164 Å². The van der Waals surface area contributed by atoms with E-state index in [1.807, 2.05) is 61.5 Å². The number of benzene rings is 2. The van der Waals surface area contributed by atoms with Crippen molar-refractivity contribution >= 4 is 17.3 Å². The van der Waals surface area contributed by atoms with Crippen molar-refractivity contribution in [1.29, 1.82) is 0 Å². The van der Waals surface area contributed by atoms with Crippen LogP contribution in [0.1, 0.15) is 11.5 Å². The molecule has 1 N–H and O–H groups in total. The molecule has 0 aliphatic carbocycles. The molecule has 2 heterocycles. The smallest absolute Gasteiger partial charge is 0.230 e. The number of nitrogens with one attached hydrogen (secondary N) is 1. The Morgan fingerprint density at radius 2 is 1.79 bits per heavy atom. The van der Waals surface area contributed by atoms with Crippen molar-refractivity contribution in [2.75, 3.05) is 36.5 Å². The van der Waals surface area contributed by atoms with Crippen LogP contribution in [0.4, 0.5) is 11.4 Å². The monoisotopic (exact) mass is 377 g/mol. The molecule has 4 rings (SSSR count). The van der Waals surface area contributed by atoms with E-state index in [4.69, 9.17) is 9.15 Å². The first-order chi connectivity index (χ1) is 13.7. The number of aryl methyl sites for hydroxylation is 1. The predicted molar refractivity (Wildman–Crippen MR) is 108 cm³/mol. The quantitative estimate of drug-likeness (QED) is 0.735. The highest BCUT2D eigenvalue weighted by atomic mass is 16.5. The van der Waals surface area contributed by atoms with Crippen molar-refractivity contribution in [3.05, 3.63) is 66.1 Å². The molecule has 0 spiro atoms. The largest absolute Gasteiger partial charge is 0.441 e. The maximum absolute atomic E-state index is 12.4. The number of carbonyl (C=O) groups is 1. The van der Waals surface area contributed by atoms with E-state index in [0.717, 1.165) is 43.2 Å². The number of hydrogen-bond donors (Lipinski definition) is 1. The highest BCUT2D eigenvalue weighted by Gasteiger charge is 2.15. The van der Waals surface area contributed by atoms with Crippen molar-refractivity contribution in [2.24, 2.45) is 0 Å². The van der Waals surface area contributed by atoms with Crippen LogP contribution in [-0.2, 0) is 16.0 Å². The topological polar surface area (TPSA) is 67.6 Å². The maximum atomic E-state index is 12.4. The number of morpholine rings is 1. The number of aromatic nitrogens is 1. The molecule has 1 fully saturated rings. The molecule has 6 heteroatoms. The van der Waals surface area contributed by atoms with Gasteiger partial charge in [-0.15, -0.1) is 0 Å². The van der Waals surface area contributed by atoms with Crippen molar-refractivity contribution < 1.29 is 13.9 Å². The van der Waals surface area contributed by atoms with E-state index >= 15 is 0 Å². The summed E-state index contributed by atoms with van der Waals surface area (Å²) in [5, 5.41) is 2.93. The first kappa shape index (κ1) is 18.3. The van der Waals surface area contributed by atoms with Gasteiger partial charge in [-0.05, 0) is 43.3 Å². The summed E-state index contributed by atoms with van der Waals surface area (Å²) in [6.45, 7) is 5.11. The van der Waals surface area contributed by atoms with Crippen LogP contribution >= 0.6 is 0 Å². The summed E-state index contributed by atoms with van der Waals surface area (Å²) in [5.74, 6) is 1.09. The van der Waals surface area contributed by atoms with Gasteiger partial charge in [0.2, 0.25) is 11.8 Å². The van der Waals surface area contributed by atoms with Gasteiger partial charge in [0.1, 0.15) is 5.76 Å². The molecule has 0 radical (unpaired) electrons. The summed E-state index contributed by atoms with van der Waals surface area (Å²) in [6.07, 6.45) is 0.174. The number of anilines is 2. The van der Waals surface area contributed by atoms with Gasteiger partial charge in [0.05, 0.1) is 25.3 Å². The minimum atomic E-state index is -0.116. The van der Waals surface area contributed by atoms with Gasteiger partial charge in [-0.1, -0.05) is 18.2 Å². The normalized spacial score (nSPS) is 14.1. The molecule has 1 saturated heterocycles. The van der Waals surface area contributed by atoms with Gasteiger partial charge in [-0.25, -0.2) is 4.98 Å². The third-order valence-corrected chi connectivity index (χ3v) is 4.77. The van der Waals surface area contributed by atoms with E-state index in [9.17, 15) is 4.79 Å². The molecule has 0 saturated carbocycles. The van der Waals surface area contributed by atoms with Gasteiger partial charge in [-0.2, -0.15) is 0 Å². The predicted octanol–water partition coefficient (Wildman–Crippen LogP) is 3.67. The summed E-state index contributed by atoms with van der Waals surface area (Å²) in [4.78, 5) is 19.2. The molecule has 1 aromatic heterocycles. The Bertz CT molecular complexity index is 929. The van der Waals surface area contributed by atoms with Gasteiger partial charge in [0.25, 0.3) is 0 Å². The number of carbonyl (C=O) groups excluding carboxylic acids is 1. The minimum Gasteiger partial charge on any atom is -0.441 e. The van der Waals surface area contributed by atoms with Gasteiger partial charge in [-0.3, -0.25) is 4.79 Å². The molecule has 2 aromatic carbocycles. The first-order valence-electron chi connectivity index (χ1n) is 9.43. The number of ether oxygens (including phenoxy) is 1. The minimum absolute atomic E-state index is 0.116. The van der Waals surface area contributed by atoms with Gasteiger partial charge < -0.3 is 19.4 Å². The van der Waals surface area contributed by atoms with Crippen LogP contribution in [0.15, 0.2) is 59.0 Å². The fraction of sp³-hybridized carbons (Fsp3) is 0.273. The Morgan fingerprint density at radius 1 is 1.07 bits per heavy atom. The molecule has 0 unspecified atom stereocenters. The lowest BCUT2D eigenvalue weighted by molar-refractivity contribution is -0.115.